The van der Waals surface area contributed by atoms with E-state index in [-0.39, 0.29) is 11.9 Å². The number of carbonyl (C=O) groups excluding carboxylic acids is 1. The minimum atomic E-state index is -0.178. The lowest BCUT2D eigenvalue weighted by atomic mass is 10.1. The second-order valence-corrected chi connectivity index (χ2v) is 3.87. The van der Waals surface area contributed by atoms with Gasteiger partial charge in [0.05, 0.1) is 0 Å². The Morgan fingerprint density at radius 2 is 2.14 bits per heavy atom. The Bertz CT molecular complexity index is 336. The number of quaternary nitrogens is 1. The van der Waals surface area contributed by atoms with Crippen LogP contribution in [0.15, 0.2) is 30.3 Å². The molecule has 3 atom stereocenters. The Labute approximate surface area is 83.5 Å². The van der Waals surface area contributed by atoms with E-state index in [9.17, 15) is 4.79 Å². The Kier molecular flexibility index (Phi) is 2.25. The summed E-state index contributed by atoms with van der Waals surface area (Å²) in [5, 5.41) is 0. The predicted molar refractivity (Wildman–Crippen MR) is 53.7 cm³/mol. The van der Waals surface area contributed by atoms with E-state index in [4.69, 9.17) is 5.73 Å². The average Bonchev–Trinajstić information content (AvgIpc) is 2.97. The lowest BCUT2D eigenvalue weighted by Crippen LogP contribution is -2.95. The van der Waals surface area contributed by atoms with E-state index in [0.717, 1.165) is 6.54 Å². The highest BCUT2D eigenvalue weighted by molar-refractivity contribution is 5.80. The third-order valence-corrected chi connectivity index (χ3v) is 2.93. The molecule has 1 aliphatic heterocycles. The van der Waals surface area contributed by atoms with Gasteiger partial charge >= 0.3 is 0 Å². The van der Waals surface area contributed by atoms with Crippen LogP contribution in [0.25, 0.3) is 0 Å². The fourth-order valence-electron chi connectivity index (χ4n) is 1.89. The molecule has 0 aromatic heterocycles. The first kappa shape index (κ1) is 9.21. The van der Waals surface area contributed by atoms with Gasteiger partial charge in [0.25, 0.3) is 5.91 Å². The summed E-state index contributed by atoms with van der Waals surface area (Å²) in [5.74, 6) is -0.178. The van der Waals surface area contributed by atoms with Crippen molar-refractivity contribution in [2.45, 2.75) is 19.0 Å². The molecule has 1 unspecified atom stereocenters. The van der Waals surface area contributed by atoms with E-state index in [0.29, 0.717) is 6.04 Å². The van der Waals surface area contributed by atoms with Crippen LogP contribution in [0, 0.1) is 0 Å². The number of amides is 1. The molecule has 1 aromatic rings. The van der Waals surface area contributed by atoms with Gasteiger partial charge < -0.3 is 10.6 Å². The van der Waals surface area contributed by atoms with Crippen molar-refractivity contribution >= 4 is 5.91 Å². The Balaban J connectivity index is 2.05. The summed E-state index contributed by atoms with van der Waals surface area (Å²) in [6, 6.07) is 10.6. The molecular weight excluding hydrogens is 176 g/mol. The summed E-state index contributed by atoms with van der Waals surface area (Å²) in [6.07, 6.45) is 0. The normalized spacial score (nSPS) is 26.9. The van der Waals surface area contributed by atoms with E-state index >= 15 is 0 Å². The van der Waals surface area contributed by atoms with E-state index in [2.05, 4.69) is 19.1 Å². The van der Waals surface area contributed by atoms with Crippen molar-refractivity contribution in [1.29, 1.82) is 0 Å². The number of rotatable bonds is 3. The fourth-order valence-corrected chi connectivity index (χ4v) is 1.89. The number of hydrogen-bond donors (Lipinski definition) is 2. The van der Waals surface area contributed by atoms with Crippen molar-refractivity contribution in [2.24, 2.45) is 5.73 Å². The minimum Gasteiger partial charge on any atom is -0.364 e. The molecule has 0 spiro atoms. The zero-order valence-corrected chi connectivity index (χ0v) is 8.23. The third-order valence-electron chi connectivity index (χ3n) is 2.93. The second kappa shape index (κ2) is 3.42. The minimum absolute atomic E-state index is 0.0326. The van der Waals surface area contributed by atoms with Gasteiger partial charge in [0, 0.05) is 5.56 Å². The largest absolute Gasteiger partial charge is 0.364 e. The number of hydrogen-bond acceptors (Lipinski definition) is 1. The SMILES string of the molecule is C[C@H](c1ccccc1)[NH+]1C[C@@H]1C(N)=O. The van der Waals surface area contributed by atoms with Gasteiger partial charge in [0.1, 0.15) is 12.6 Å². The summed E-state index contributed by atoms with van der Waals surface area (Å²) in [7, 11) is 0. The van der Waals surface area contributed by atoms with Gasteiger partial charge in [-0.2, -0.15) is 0 Å². The maximum Gasteiger partial charge on any atom is 0.281 e. The number of primary amides is 1. The zero-order valence-electron chi connectivity index (χ0n) is 8.23. The Morgan fingerprint density at radius 3 is 2.64 bits per heavy atom. The average molecular weight is 191 g/mol. The molecule has 1 saturated heterocycles. The van der Waals surface area contributed by atoms with Crippen LogP contribution in [0.4, 0.5) is 0 Å². The van der Waals surface area contributed by atoms with Crippen molar-refractivity contribution in [3.05, 3.63) is 35.9 Å². The number of nitrogens with one attached hydrogen (secondary N) is 1. The highest BCUT2D eigenvalue weighted by Gasteiger charge is 2.48. The van der Waals surface area contributed by atoms with E-state index in [1.165, 1.54) is 10.5 Å². The molecule has 14 heavy (non-hydrogen) atoms. The zero-order chi connectivity index (χ0) is 10.1. The molecule has 2 rings (SSSR count). The van der Waals surface area contributed by atoms with Crippen molar-refractivity contribution in [2.75, 3.05) is 6.54 Å². The molecule has 1 heterocycles. The summed E-state index contributed by atoms with van der Waals surface area (Å²) in [6.45, 7) is 3.01. The molecule has 0 aliphatic carbocycles. The second-order valence-electron chi connectivity index (χ2n) is 3.87. The van der Waals surface area contributed by atoms with E-state index in [1.807, 2.05) is 18.2 Å². The molecule has 3 N–H and O–H groups in total. The standard InChI is InChI=1S/C11H14N2O/c1-8(9-5-3-2-4-6-9)13-7-10(13)11(12)14/h2-6,8,10H,7H2,1H3,(H2,12,14)/p+1/t8-,10-,13?/m1/s1. The lowest BCUT2D eigenvalue weighted by Gasteiger charge is -2.09. The lowest BCUT2D eigenvalue weighted by molar-refractivity contribution is -0.803. The van der Waals surface area contributed by atoms with Gasteiger partial charge in [-0.3, -0.25) is 4.79 Å². The van der Waals surface area contributed by atoms with Crippen LogP contribution in [0.3, 0.4) is 0 Å². The van der Waals surface area contributed by atoms with E-state index in [1.54, 1.807) is 0 Å². The first-order valence-corrected chi connectivity index (χ1v) is 4.90. The van der Waals surface area contributed by atoms with Crippen LogP contribution < -0.4 is 10.6 Å². The van der Waals surface area contributed by atoms with Crippen LogP contribution >= 0.6 is 0 Å². The topological polar surface area (TPSA) is 47.5 Å². The van der Waals surface area contributed by atoms with Crippen molar-refractivity contribution in [3.63, 3.8) is 0 Å². The summed E-state index contributed by atoms with van der Waals surface area (Å²) in [4.78, 5) is 12.2. The third kappa shape index (κ3) is 1.63. The molecule has 1 fully saturated rings. The van der Waals surface area contributed by atoms with Crippen LogP contribution in [0.5, 0.6) is 0 Å². The highest BCUT2D eigenvalue weighted by Crippen LogP contribution is 2.11. The Morgan fingerprint density at radius 1 is 1.50 bits per heavy atom. The van der Waals surface area contributed by atoms with Gasteiger partial charge in [-0.1, -0.05) is 30.3 Å². The summed E-state index contributed by atoms with van der Waals surface area (Å²) < 4.78 is 0. The molecule has 1 aliphatic rings. The van der Waals surface area contributed by atoms with Crippen LogP contribution in [0.1, 0.15) is 18.5 Å². The molecule has 1 amide bonds. The number of benzene rings is 1. The molecule has 1 aromatic carbocycles. The number of nitrogens with two attached hydrogens (primary N) is 1. The first-order chi connectivity index (χ1) is 6.70. The molecule has 74 valence electrons. The molecule has 0 saturated carbocycles. The van der Waals surface area contributed by atoms with E-state index < -0.39 is 0 Å². The van der Waals surface area contributed by atoms with Gasteiger partial charge in [-0.15, -0.1) is 0 Å². The van der Waals surface area contributed by atoms with Crippen LogP contribution in [0.2, 0.25) is 0 Å². The van der Waals surface area contributed by atoms with Crippen molar-refractivity contribution in [3.8, 4) is 0 Å². The van der Waals surface area contributed by atoms with Gasteiger partial charge in [-0.05, 0) is 6.92 Å². The fraction of sp³-hybridized carbons (Fsp3) is 0.364. The summed E-state index contributed by atoms with van der Waals surface area (Å²) in [5.41, 5.74) is 6.51. The van der Waals surface area contributed by atoms with Gasteiger partial charge in [0.2, 0.25) is 6.04 Å². The molecule has 3 nitrogen and oxygen atoms in total. The Hall–Kier alpha value is -1.35. The number of carbonyl (C=O) groups is 1. The van der Waals surface area contributed by atoms with Gasteiger partial charge in [0.15, 0.2) is 0 Å². The summed E-state index contributed by atoms with van der Waals surface area (Å²) >= 11 is 0. The van der Waals surface area contributed by atoms with Crippen LogP contribution in [-0.4, -0.2) is 18.5 Å². The smallest absolute Gasteiger partial charge is 0.281 e. The maximum atomic E-state index is 10.9. The molecule has 3 heteroatoms. The van der Waals surface area contributed by atoms with Crippen molar-refractivity contribution in [1.82, 2.24) is 0 Å². The quantitative estimate of drug-likeness (QED) is 0.622. The monoisotopic (exact) mass is 191 g/mol. The first-order valence-electron chi connectivity index (χ1n) is 4.90. The predicted octanol–water partition coefficient (Wildman–Crippen LogP) is -0.500. The molecule has 0 radical (unpaired) electrons. The molecule has 0 bridgehead atoms. The van der Waals surface area contributed by atoms with Crippen LogP contribution in [-0.2, 0) is 4.79 Å². The van der Waals surface area contributed by atoms with Crippen molar-refractivity contribution < 1.29 is 9.69 Å². The maximum absolute atomic E-state index is 10.9. The van der Waals surface area contributed by atoms with Gasteiger partial charge in [-0.25, -0.2) is 0 Å². The molecular formula is C11H15N2O+. The highest BCUT2D eigenvalue weighted by atomic mass is 16.1.